The van der Waals surface area contributed by atoms with Crippen molar-refractivity contribution in [3.05, 3.63) is 95.5 Å². The van der Waals surface area contributed by atoms with Crippen molar-refractivity contribution in [2.24, 2.45) is 0 Å². The van der Waals surface area contributed by atoms with Gasteiger partial charge in [0.2, 0.25) is 5.91 Å². The number of nitrogens with zero attached hydrogens (tertiary/aromatic N) is 1. The molecule has 36 heavy (non-hydrogen) atoms. The highest BCUT2D eigenvalue weighted by Crippen LogP contribution is 2.35. The van der Waals surface area contributed by atoms with Gasteiger partial charge in [-0.2, -0.15) is 0 Å². The second-order valence-electron chi connectivity index (χ2n) is 7.52. The van der Waals surface area contributed by atoms with Gasteiger partial charge in [-0.05, 0) is 111 Å². The van der Waals surface area contributed by atoms with Crippen LogP contribution in [0.3, 0.4) is 0 Å². The number of halogens is 4. The van der Waals surface area contributed by atoms with Crippen LogP contribution in [0.25, 0.3) is 6.08 Å². The second-order valence-corrected chi connectivity index (χ2v) is 10.8. The predicted octanol–water partition coefficient (Wildman–Crippen LogP) is 6.43. The molecule has 3 aromatic rings. The minimum atomic E-state index is -0.685. The maximum absolute atomic E-state index is 13.8. The normalized spacial score (nSPS) is 14.4. The fourth-order valence-electron chi connectivity index (χ4n) is 3.22. The summed E-state index contributed by atoms with van der Waals surface area (Å²) < 4.78 is 34.4. The molecule has 1 heterocycles. The number of carbonyl (C=O) groups excluding carboxylic acids is 3. The summed E-state index contributed by atoms with van der Waals surface area (Å²) in [6.07, 6.45) is 1.58. The van der Waals surface area contributed by atoms with E-state index in [1.807, 2.05) is 12.1 Å². The maximum atomic E-state index is 13.8. The van der Waals surface area contributed by atoms with Crippen LogP contribution in [0, 0.1) is 18.8 Å². The van der Waals surface area contributed by atoms with Crippen molar-refractivity contribution < 1.29 is 27.9 Å². The molecule has 0 radical (unpaired) electrons. The number of amides is 3. The van der Waals surface area contributed by atoms with Crippen LogP contribution in [0.4, 0.5) is 19.3 Å². The largest absolute Gasteiger partial charge is 0.487 e. The Morgan fingerprint density at radius 3 is 2.36 bits per heavy atom. The van der Waals surface area contributed by atoms with Gasteiger partial charge in [0, 0.05) is 0 Å². The van der Waals surface area contributed by atoms with Crippen molar-refractivity contribution in [3.63, 3.8) is 0 Å². The predicted molar refractivity (Wildman–Crippen MR) is 150 cm³/mol. The summed E-state index contributed by atoms with van der Waals surface area (Å²) in [6.45, 7) is -0.263. The second kappa shape index (κ2) is 11.7. The smallest absolute Gasteiger partial charge is 0.294 e. The number of hydrogen-bond donors (Lipinski definition) is 1. The highest BCUT2D eigenvalue weighted by molar-refractivity contribution is 14.1. The highest BCUT2D eigenvalue weighted by atomic mass is 127. The van der Waals surface area contributed by atoms with Crippen molar-refractivity contribution in [2.45, 2.75) is 6.61 Å². The monoisotopic (exact) mass is 732 g/mol. The summed E-state index contributed by atoms with van der Waals surface area (Å²) in [5, 5.41) is 1.78. The van der Waals surface area contributed by atoms with Gasteiger partial charge >= 0.3 is 0 Å². The Balaban J connectivity index is 1.44. The molecule has 3 amide bonds. The van der Waals surface area contributed by atoms with Crippen LogP contribution in [0.15, 0.2) is 65.6 Å². The first-order valence-corrected chi connectivity index (χ1v) is 13.3. The molecule has 1 aliphatic rings. The van der Waals surface area contributed by atoms with E-state index in [4.69, 9.17) is 4.74 Å². The van der Waals surface area contributed by atoms with Gasteiger partial charge in [-0.15, -0.1) is 0 Å². The van der Waals surface area contributed by atoms with Crippen molar-refractivity contribution in [1.82, 2.24) is 4.90 Å². The molecule has 0 atom stereocenters. The zero-order valence-corrected chi connectivity index (χ0v) is 23.4. The Bertz CT molecular complexity index is 1360. The Kier molecular flexibility index (Phi) is 8.62. The molecule has 6 nitrogen and oxygen atoms in total. The topological polar surface area (TPSA) is 75.7 Å². The molecule has 0 unspecified atom stereocenters. The first-order chi connectivity index (χ1) is 17.2. The molecule has 4 rings (SSSR count). The Labute approximate surface area is 236 Å². The lowest BCUT2D eigenvalue weighted by atomic mass is 10.2. The lowest BCUT2D eigenvalue weighted by Gasteiger charge is -2.13. The van der Waals surface area contributed by atoms with Crippen LogP contribution in [0.1, 0.15) is 11.1 Å². The Morgan fingerprint density at radius 2 is 1.69 bits per heavy atom. The fourth-order valence-corrected chi connectivity index (χ4v) is 6.19. The van der Waals surface area contributed by atoms with E-state index in [0.29, 0.717) is 11.3 Å². The number of ether oxygens (including phenoxy) is 1. The molecule has 1 N–H and O–H groups in total. The standard InChI is InChI=1S/C25H16F2I2N2O4S/c26-16-7-5-14(6-8-16)13-35-23-18(28)9-15(10-19(23)29)11-21-24(33)31(25(34)36-21)12-22(32)30-20-4-2-1-3-17(20)27/h1-11H,12-13H2,(H,30,32)/b21-11-. The third kappa shape index (κ3) is 6.42. The highest BCUT2D eigenvalue weighted by Gasteiger charge is 2.36. The average molecular weight is 732 g/mol. The van der Waals surface area contributed by atoms with Crippen molar-refractivity contribution >= 4 is 85.8 Å². The first kappa shape index (κ1) is 26.5. The van der Waals surface area contributed by atoms with E-state index in [2.05, 4.69) is 50.5 Å². The molecule has 11 heteroatoms. The lowest BCUT2D eigenvalue weighted by molar-refractivity contribution is -0.127. The number of para-hydroxylation sites is 1. The van der Waals surface area contributed by atoms with Gasteiger partial charge in [-0.1, -0.05) is 24.3 Å². The number of anilines is 1. The molecule has 0 spiro atoms. The quantitative estimate of drug-likeness (QED) is 0.224. The number of benzene rings is 3. The van der Waals surface area contributed by atoms with Crippen LogP contribution in [0.5, 0.6) is 5.75 Å². The zero-order valence-electron chi connectivity index (χ0n) is 18.3. The third-order valence-electron chi connectivity index (χ3n) is 4.94. The summed E-state index contributed by atoms with van der Waals surface area (Å²) in [5.41, 5.74) is 1.47. The van der Waals surface area contributed by atoms with E-state index in [-0.39, 0.29) is 23.0 Å². The maximum Gasteiger partial charge on any atom is 0.294 e. The molecular formula is C25H16F2I2N2O4S. The van der Waals surface area contributed by atoms with E-state index < -0.39 is 29.4 Å². The summed E-state index contributed by atoms with van der Waals surface area (Å²) in [6, 6.07) is 15.3. The number of imide groups is 1. The van der Waals surface area contributed by atoms with Crippen LogP contribution in [-0.2, 0) is 16.2 Å². The van der Waals surface area contributed by atoms with Crippen LogP contribution in [-0.4, -0.2) is 28.5 Å². The fraction of sp³-hybridized carbons (Fsp3) is 0.0800. The Morgan fingerprint density at radius 1 is 1.03 bits per heavy atom. The summed E-state index contributed by atoms with van der Waals surface area (Å²) >= 11 is 4.96. The minimum absolute atomic E-state index is 0.0316. The lowest BCUT2D eigenvalue weighted by Crippen LogP contribution is -2.36. The van der Waals surface area contributed by atoms with Gasteiger partial charge in [-0.25, -0.2) is 8.78 Å². The molecular weight excluding hydrogens is 716 g/mol. The molecule has 1 fully saturated rings. The van der Waals surface area contributed by atoms with Crippen LogP contribution in [0.2, 0.25) is 0 Å². The van der Waals surface area contributed by atoms with Gasteiger partial charge in [0.1, 0.15) is 30.5 Å². The molecule has 1 aliphatic heterocycles. The molecule has 0 saturated carbocycles. The SMILES string of the molecule is O=C(CN1C(=O)S/C(=C\c2cc(I)c(OCc3ccc(F)cc3)c(I)c2)C1=O)Nc1ccccc1F. The van der Waals surface area contributed by atoms with Gasteiger partial charge < -0.3 is 10.1 Å². The number of hydrogen-bond acceptors (Lipinski definition) is 5. The molecule has 0 aromatic heterocycles. The van der Waals surface area contributed by atoms with E-state index in [9.17, 15) is 23.2 Å². The third-order valence-corrected chi connectivity index (χ3v) is 7.45. The number of nitrogens with one attached hydrogen (secondary N) is 1. The molecule has 3 aromatic carbocycles. The van der Waals surface area contributed by atoms with Gasteiger partial charge in [0.05, 0.1) is 17.7 Å². The van der Waals surface area contributed by atoms with Gasteiger partial charge in [0.15, 0.2) is 0 Å². The minimum Gasteiger partial charge on any atom is -0.487 e. The van der Waals surface area contributed by atoms with Gasteiger partial charge in [-0.3, -0.25) is 19.3 Å². The molecule has 0 bridgehead atoms. The van der Waals surface area contributed by atoms with E-state index in [1.165, 1.54) is 30.3 Å². The summed E-state index contributed by atoms with van der Waals surface area (Å²) in [4.78, 5) is 38.5. The Hall–Kier alpha value is -2.52. The van der Waals surface area contributed by atoms with E-state index in [1.54, 1.807) is 24.3 Å². The summed E-state index contributed by atoms with van der Waals surface area (Å²) in [7, 11) is 0. The van der Waals surface area contributed by atoms with Crippen LogP contribution >= 0.6 is 56.9 Å². The van der Waals surface area contributed by atoms with Crippen LogP contribution < -0.4 is 10.1 Å². The van der Waals surface area contributed by atoms with Gasteiger partial charge in [0.25, 0.3) is 11.1 Å². The van der Waals surface area contributed by atoms with Crippen molar-refractivity contribution in [1.29, 1.82) is 0 Å². The molecule has 0 aliphatic carbocycles. The summed E-state index contributed by atoms with van der Waals surface area (Å²) in [5.74, 6) is -1.57. The number of rotatable bonds is 7. The van der Waals surface area contributed by atoms with E-state index in [0.717, 1.165) is 29.4 Å². The molecule has 184 valence electrons. The van der Waals surface area contributed by atoms with Crippen molar-refractivity contribution in [3.8, 4) is 5.75 Å². The number of carbonyl (C=O) groups is 3. The first-order valence-electron chi connectivity index (χ1n) is 10.4. The average Bonchev–Trinajstić information content (AvgIpc) is 3.08. The van der Waals surface area contributed by atoms with E-state index >= 15 is 0 Å². The van der Waals surface area contributed by atoms with Crippen molar-refractivity contribution in [2.75, 3.05) is 11.9 Å². The zero-order chi connectivity index (χ0) is 25.8. The molecule has 1 saturated heterocycles. The number of thioether (sulfide) groups is 1.